The Balaban J connectivity index is 2.11. The number of carbonyl (C=O) groups excluding carboxylic acids is 1. The lowest BCUT2D eigenvalue weighted by atomic mass is 10.1. The summed E-state index contributed by atoms with van der Waals surface area (Å²) in [4.78, 5) is 19.3. The van der Waals surface area contributed by atoms with E-state index < -0.39 is 0 Å². The Morgan fingerprint density at radius 3 is 2.47 bits per heavy atom. The molecule has 1 aliphatic heterocycles. The highest BCUT2D eigenvalue weighted by atomic mass is 16.2. The Hall–Kier alpha value is -1.49. The van der Waals surface area contributed by atoms with Gasteiger partial charge in [0.05, 0.1) is 0 Å². The molecule has 2 unspecified atom stereocenters. The molecule has 17 heavy (non-hydrogen) atoms. The minimum atomic E-state index is 0.0356. The quantitative estimate of drug-likeness (QED) is 0.756. The van der Waals surface area contributed by atoms with E-state index >= 15 is 0 Å². The number of nitrogens with two attached hydrogens (primary N) is 1. The fraction of sp³-hybridized carbons (Fsp3) is 0.583. The van der Waals surface area contributed by atoms with Crippen LogP contribution in [0.5, 0.6) is 0 Å². The first kappa shape index (κ1) is 12.0. The molecule has 1 amide bonds. The number of aromatic nitrogens is 1. The van der Waals surface area contributed by atoms with Gasteiger partial charge in [-0.1, -0.05) is 0 Å². The predicted octanol–water partition coefficient (Wildman–Crippen LogP) is 0.761. The number of nitrogens with zero attached hydrogens (tertiary/aromatic N) is 2. The van der Waals surface area contributed by atoms with Gasteiger partial charge in [0.1, 0.15) is 5.69 Å². The highest BCUT2D eigenvalue weighted by Gasteiger charge is 2.30. The molecule has 94 valence electrons. The number of H-pyrrole nitrogens is 1. The van der Waals surface area contributed by atoms with E-state index in [1.165, 1.54) is 0 Å². The summed E-state index contributed by atoms with van der Waals surface area (Å²) in [7, 11) is 2.10. The second-order valence-corrected chi connectivity index (χ2v) is 4.92. The van der Waals surface area contributed by atoms with E-state index in [1.807, 2.05) is 4.90 Å². The number of hydrogen-bond acceptors (Lipinski definition) is 3. The third-order valence-electron chi connectivity index (χ3n) is 3.58. The van der Waals surface area contributed by atoms with Crippen molar-refractivity contribution in [2.45, 2.75) is 25.9 Å². The largest absolute Gasteiger partial charge is 0.397 e. The normalized spacial score (nSPS) is 26.2. The zero-order valence-corrected chi connectivity index (χ0v) is 10.6. The maximum Gasteiger partial charge on any atom is 0.270 e. The second kappa shape index (κ2) is 4.41. The monoisotopic (exact) mass is 236 g/mol. The highest BCUT2D eigenvalue weighted by Crippen LogP contribution is 2.16. The molecule has 0 aromatic carbocycles. The summed E-state index contributed by atoms with van der Waals surface area (Å²) in [5.74, 6) is 0.0356. The SMILES string of the molecule is CC1CN(C(=O)c2cc(N)c[nH]2)CC(C)N1C. The zero-order chi connectivity index (χ0) is 12.6. The van der Waals surface area contributed by atoms with E-state index in [9.17, 15) is 4.79 Å². The van der Waals surface area contributed by atoms with Crippen molar-refractivity contribution in [3.05, 3.63) is 18.0 Å². The molecule has 5 heteroatoms. The summed E-state index contributed by atoms with van der Waals surface area (Å²) in [6, 6.07) is 2.46. The summed E-state index contributed by atoms with van der Waals surface area (Å²) in [6.45, 7) is 5.80. The Morgan fingerprint density at radius 2 is 2.00 bits per heavy atom. The smallest absolute Gasteiger partial charge is 0.270 e. The number of hydrogen-bond donors (Lipinski definition) is 2. The number of likely N-dealkylation sites (N-methyl/N-ethyl adjacent to an activating group) is 1. The van der Waals surface area contributed by atoms with Gasteiger partial charge < -0.3 is 15.6 Å². The first-order chi connectivity index (χ1) is 7.99. The molecule has 3 N–H and O–H groups in total. The first-order valence-corrected chi connectivity index (χ1v) is 5.94. The minimum Gasteiger partial charge on any atom is -0.397 e. The van der Waals surface area contributed by atoms with Gasteiger partial charge in [-0.05, 0) is 27.0 Å². The van der Waals surface area contributed by atoms with Crippen LogP contribution < -0.4 is 5.73 Å². The molecule has 0 bridgehead atoms. The lowest BCUT2D eigenvalue weighted by Crippen LogP contribution is -2.56. The molecule has 2 atom stereocenters. The second-order valence-electron chi connectivity index (χ2n) is 4.92. The number of rotatable bonds is 1. The van der Waals surface area contributed by atoms with Gasteiger partial charge in [0.15, 0.2) is 0 Å². The van der Waals surface area contributed by atoms with Crippen LogP contribution in [0.3, 0.4) is 0 Å². The van der Waals surface area contributed by atoms with Gasteiger partial charge in [0, 0.05) is 37.1 Å². The minimum absolute atomic E-state index is 0.0356. The van der Waals surface area contributed by atoms with E-state index in [-0.39, 0.29) is 5.91 Å². The molecule has 1 fully saturated rings. The number of anilines is 1. The van der Waals surface area contributed by atoms with Crippen LogP contribution in [0.2, 0.25) is 0 Å². The van der Waals surface area contributed by atoms with Crippen molar-refractivity contribution in [1.82, 2.24) is 14.8 Å². The Bertz CT molecular complexity index is 402. The van der Waals surface area contributed by atoms with Crippen molar-refractivity contribution in [2.24, 2.45) is 0 Å². The van der Waals surface area contributed by atoms with Crippen molar-refractivity contribution in [3.63, 3.8) is 0 Å². The van der Waals surface area contributed by atoms with Gasteiger partial charge in [-0.25, -0.2) is 0 Å². The van der Waals surface area contributed by atoms with Gasteiger partial charge in [-0.2, -0.15) is 0 Å². The van der Waals surface area contributed by atoms with E-state index in [2.05, 4.69) is 30.8 Å². The van der Waals surface area contributed by atoms with E-state index in [4.69, 9.17) is 5.73 Å². The lowest BCUT2D eigenvalue weighted by Gasteiger charge is -2.42. The fourth-order valence-electron chi connectivity index (χ4n) is 2.28. The van der Waals surface area contributed by atoms with Crippen LogP contribution in [0.1, 0.15) is 24.3 Å². The van der Waals surface area contributed by atoms with Crippen molar-refractivity contribution < 1.29 is 4.79 Å². The number of nitrogen functional groups attached to an aromatic ring is 1. The molecule has 0 spiro atoms. The number of nitrogens with one attached hydrogen (secondary N) is 1. The topological polar surface area (TPSA) is 65.4 Å². The molecule has 0 radical (unpaired) electrons. The van der Waals surface area contributed by atoms with Crippen molar-refractivity contribution in [1.29, 1.82) is 0 Å². The average Bonchev–Trinajstić information content (AvgIpc) is 2.71. The Kier molecular flexibility index (Phi) is 3.11. The number of aromatic amines is 1. The Morgan fingerprint density at radius 1 is 1.41 bits per heavy atom. The summed E-state index contributed by atoms with van der Waals surface area (Å²) < 4.78 is 0. The molecule has 2 rings (SSSR count). The van der Waals surface area contributed by atoms with E-state index in [0.717, 1.165) is 13.1 Å². The zero-order valence-electron chi connectivity index (χ0n) is 10.6. The van der Waals surface area contributed by atoms with Gasteiger partial charge >= 0.3 is 0 Å². The Labute approximate surface area is 102 Å². The third-order valence-corrected chi connectivity index (χ3v) is 3.58. The molecule has 1 aliphatic rings. The van der Waals surface area contributed by atoms with Gasteiger partial charge in [-0.3, -0.25) is 9.69 Å². The van der Waals surface area contributed by atoms with Crippen LogP contribution in [0.4, 0.5) is 5.69 Å². The lowest BCUT2D eigenvalue weighted by molar-refractivity contribution is 0.0410. The fourth-order valence-corrected chi connectivity index (χ4v) is 2.28. The van der Waals surface area contributed by atoms with Crippen LogP contribution >= 0.6 is 0 Å². The molecule has 1 saturated heterocycles. The average molecular weight is 236 g/mol. The van der Waals surface area contributed by atoms with Gasteiger partial charge in [-0.15, -0.1) is 0 Å². The molecular formula is C12H20N4O. The molecule has 2 heterocycles. The molecule has 0 saturated carbocycles. The maximum atomic E-state index is 12.2. The first-order valence-electron chi connectivity index (χ1n) is 5.94. The van der Waals surface area contributed by atoms with Crippen LogP contribution in [0, 0.1) is 0 Å². The summed E-state index contributed by atoms with van der Waals surface area (Å²) >= 11 is 0. The standard InChI is InChI=1S/C12H20N4O/c1-8-6-16(7-9(2)15(8)3)12(17)11-4-10(13)5-14-11/h4-5,8-9,14H,6-7,13H2,1-3H3. The summed E-state index contributed by atoms with van der Waals surface area (Å²) in [6.07, 6.45) is 1.65. The molecule has 1 aromatic rings. The molecule has 5 nitrogen and oxygen atoms in total. The number of amides is 1. The molecule has 1 aromatic heterocycles. The predicted molar refractivity (Wildman–Crippen MR) is 67.8 cm³/mol. The van der Waals surface area contributed by atoms with Crippen LogP contribution in [0.15, 0.2) is 12.3 Å². The number of carbonyl (C=O) groups is 1. The number of piperazine rings is 1. The van der Waals surface area contributed by atoms with Gasteiger partial charge in [0.2, 0.25) is 0 Å². The third kappa shape index (κ3) is 2.29. The van der Waals surface area contributed by atoms with Crippen LogP contribution in [-0.2, 0) is 0 Å². The van der Waals surface area contributed by atoms with E-state index in [0.29, 0.717) is 23.5 Å². The molecular weight excluding hydrogens is 216 g/mol. The van der Waals surface area contributed by atoms with Crippen molar-refractivity contribution in [3.8, 4) is 0 Å². The summed E-state index contributed by atoms with van der Waals surface area (Å²) in [5, 5.41) is 0. The highest BCUT2D eigenvalue weighted by molar-refractivity contribution is 5.93. The molecule has 0 aliphatic carbocycles. The van der Waals surface area contributed by atoms with Crippen LogP contribution in [-0.4, -0.2) is 52.9 Å². The van der Waals surface area contributed by atoms with E-state index in [1.54, 1.807) is 12.3 Å². The van der Waals surface area contributed by atoms with Crippen molar-refractivity contribution in [2.75, 3.05) is 25.9 Å². The van der Waals surface area contributed by atoms with Crippen LogP contribution in [0.25, 0.3) is 0 Å². The van der Waals surface area contributed by atoms with Crippen molar-refractivity contribution >= 4 is 11.6 Å². The van der Waals surface area contributed by atoms with Gasteiger partial charge in [0.25, 0.3) is 5.91 Å². The summed E-state index contributed by atoms with van der Waals surface area (Å²) in [5.41, 5.74) is 6.79. The maximum absolute atomic E-state index is 12.2.